The Hall–Kier alpha value is -0.570. The molecule has 1 atom stereocenters. The minimum absolute atomic E-state index is 0.322. The summed E-state index contributed by atoms with van der Waals surface area (Å²) in [6.07, 6.45) is 6.12. The van der Waals surface area contributed by atoms with Gasteiger partial charge < -0.3 is 10.6 Å². The van der Waals surface area contributed by atoms with E-state index in [1.807, 2.05) is 0 Å². The molecule has 3 fully saturated rings. The lowest BCUT2D eigenvalue weighted by Crippen LogP contribution is -2.36. The highest BCUT2D eigenvalue weighted by atomic mass is 16.2. The van der Waals surface area contributed by atoms with Gasteiger partial charge in [-0.15, -0.1) is 0 Å². The fourth-order valence-corrected chi connectivity index (χ4v) is 3.70. The van der Waals surface area contributed by atoms with Crippen LogP contribution in [0, 0.1) is 22.7 Å². The van der Waals surface area contributed by atoms with Gasteiger partial charge in [-0.25, -0.2) is 0 Å². The summed E-state index contributed by atoms with van der Waals surface area (Å²) in [7, 11) is 0. The molecule has 102 valence electrons. The first kappa shape index (κ1) is 12.5. The van der Waals surface area contributed by atoms with Crippen LogP contribution in [0.15, 0.2) is 0 Å². The Labute approximate surface area is 110 Å². The average Bonchev–Trinajstić information content (AvgIpc) is 3.25. The molecule has 2 N–H and O–H groups in total. The van der Waals surface area contributed by atoms with Crippen LogP contribution in [0.25, 0.3) is 0 Å². The van der Waals surface area contributed by atoms with E-state index in [9.17, 15) is 4.79 Å². The highest BCUT2D eigenvalue weighted by molar-refractivity contribution is 5.82. The Balaban J connectivity index is 1.49. The zero-order valence-corrected chi connectivity index (χ0v) is 11.7. The van der Waals surface area contributed by atoms with Crippen molar-refractivity contribution in [3.05, 3.63) is 0 Å². The standard InChI is InChI=1S/C15H26N2O/c1-11(2)15(3-4-15)10-17-13(18)12-9-14(12)5-7-16-8-6-14/h11-12,16H,3-10H2,1-2H3,(H,17,18). The first-order chi connectivity index (χ1) is 8.58. The van der Waals surface area contributed by atoms with E-state index in [0.29, 0.717) is 28.6 Å². The Morgan fingerprint density at radius 1 is 1.28 bits per heavy atom. The predicted molar refractivity (Wildman–Crippen MR) is 72.2 cm³/mol. The van der Waals surface area contributed by atoms with Gasteiger partial charge in [-0.2, -0.15) is 0 Å². The quantitative estimate of drug-likeness (QED) is 0.800. The molecule has 0 aromatic heterocycles. The largest absolute Gasteiger partial charge is 0.355 e. The summed E-state index contributed by atoms with van der Waals surface area (Å²) in [5.74, 6) is 1.36. The lowest BCUT2D eigenvalue weighted by molar-refractivity contribution is -0.123. The summed E-state index contributed by atoms with van der Waals surface area (Å²) < 4.78 is 0. The molecule has 1 aliphatic heterocycles. The van der Waals surface area contributed by atoms with Gasteiger partial charge in [0.1, 0.15) is 0 Å². The Kier molecular flexibility index (Phi) is 2.92. The number of hydrogen-bond acceptors (Lipinski definition) is 2. The molecule has 0 radical (unpaired) electrons. The van der Waals surface area contributed by atoms with E-state index in [-0.39, 0.29) is 0 Å². The second-order valence-corrected chi connectivity index (χ2v) is 7.10. The predicted octanol–water partition coefficient (Wildman–Crippen LogP) is 1.93. The van der Waals surface area contributed by atoms with Gasteiger partial charge in [-0.3, -0.25) is 4.79 Å². The molecule has 3 heteroatoms. The Morgan fingerprint density at radius 3 is 2.50 bits per heavy atom. The second kappa shape index (κ2) is 4.22. The van der Waals surface area contributed by atoms with Crippen molar-refractivity contribution in [3.8, 4) is 0 Å². The number of nitrogens with one attached hydrogen (secondary N) is 2. The number of piperidine rings is 1. The van der Waals surface area contributed by atoms with Crippen LogP contribution in [0.2, 0.25) is 0 Å². The van der Waals surface area contributed by atoms with Crippen LogP contribution in [0.3, 0.4) is 0 Å². The third kappa shape index (κ3) is 2.07. The van der Waals surface area contributed by atoms with E-state index in [1.165, 1.54) is 25.7 Å². The SMILES string of the molecule is CC(C)C1(CNC(=O)C2CC23CCNCC3)CC1. The van der Waals surface area contributed by atoms with E-state index in [2.05, 4.69) is 24.5 Å². The first-order valence-electron chi connectivity index (χ1n) is 7.57. The van der Waals surface area contributed by atoms with Gasteiger partial charge in [0.15, 0.2) is 0 Å². The van der Waals surface area contributed by atoms with E-state index in [4.69, 9.17) is 0 Å². The minimum atomic E-state index is 0.322. The van der Waals surface area contributed by atoms with Gasteiger partial charge >= 0.3 is 0 Å². The Morgan fingerprint density at radius 2 is 1.94 bits per heavy atom. The first-order valence-corrected chi connectivity index (χ1v) is 7.57. The number of carbonyl (C=O) groups excluding carboxylic acids is 1. The summed E-state index contributed by atoms with van der Waals surface area (Å²) in [4.78, 5) is 12.2. The van der Waals surface area contributed by atoms with Gasteiger partial charge in [0.05, 0.1) is 0 Å². The van der Waals surface area contributed by atoms with E-state index >= 15 is 0 Å². The van der Waals surface area contributed by atoms with Crippen LogP contribution >= 0.6 is 0 Å². The maximum atomic E-state index is 12.2. The van der Waals surface area contributed by atoms with Crippen molar-refractivity contribution < 1.29 is 4.79 Å². The number of hydrogen-bond donors (Lipinski definition) is 2. The fraction of sp³-hybridized carbons (Fsp3) is 0.933. The molecule has 1 unspecified atom stereocenters. The Bertz CT molecular complexity index is 340. The number of amides is 1. The molecule has 1 saturated heterocycles. The third-order valence-corrected chi connectivity index (χ3v) is 5.84. The topological polar surface area (TPSA) is 41.1 Å². The zero-order chi connectivity index (χ0) is 12.8. The third-order valence-electron chi connectivity index (χ3n) is 5.84. The van der Waals surface area contributed by atoms with Gasteiger partial charge in [0, 0.05) is 12.5 Å². The molecule has 1 amide bonds. The van der Waals surface area contributed by atoms with Crippen molar-refractivity contribution in [1.29, 1.82) is 0 Å². The van der Waals surface area contributed by atoms with Gasteiger partial charge in [-0.05, 0) is 61.9 Å². The summed E-state index contributed by atoms with van der Waals surface area (Å²) in [5, 5.41) is 6.63. The van der Waals surface area contributed by atoms with Crippen LogP contribution in [0.5, 0.6) is 0 Å². The summed E-state index contributed by atoms with van der Waals surface area (Å²) in [6, 6.07) is 0. The van der Waals surface area contributed by atoms with Crippen LogP contribution in [-0.4, -0.2) is 25.5 Å². The number of carbonyl (C=O) groups is 1. The maximum Gasteiger partial charge on any atom is 0.223 e. The molecule has 1 heterocycles. The molecule has 3 aliphatic rings. The lowest BCUT2D eigenvalue weighted by atomic mass is 9.91. The lowest BCUT2D eigenvalue weighted by Gasteiger charge is -2.24. The maximum absolute atomic E-state index is 12.2. The highest BCUT2D eigenvalue weighted by Gasteiger charge is 2.58. The van der Waals surface area contributed by atoms with E-state index in [1.54, 1.807) is 0 Å². The second-order valence-electron chi connectivity index (χ2n) is 7.10. The molecule has 0 bridgehead atoms. The van der Waals surface area contributed by atoms with Gasteiger partial charge in [0.25, 0.3) is 0 Å². The van der Waals surface area contributed by atoms with Crippen molar-refractivity contribution >= 4 is 5.91 Å². The van der Waals surface area contributed by atoms with Crippen molar-refractivity contribution in [3.63, 3.8) is 0 Å². The summed E-state index contributed by atoms with van der Waals surface area (Å²) in [5.41, 5.74) is 0.815. The van der Waals surface area contributed by atoms with E-state index in [0.717, 1.165) is 26.1 Å². The zero-order valence-electron chi connectivity index (χ0n) is 11.7. The summed E-state index contributed by atoms with van der Waals surface area (Å²) in [6.45, 7) is 7.67. The molecule has 3 rings (SSSR count). The molecule has 0 aromatic rings. The van der Waals surface area contributed by atoms with Crippen LogP contribution in [-0.2, 0) is 4.79 Å². The average molecular weight is 250 g/mol. The summed E-state index contributed by atoms with van der Waals surface area (Å²) >= 11 is 0. The fourth-order valence-electron chi connectivity index (χ4n) is 3.70. The molecule has 1 spiro atoms. The van der Waals surface area contributed by atoms with Crippen molar-refractivity contribution in [2.45, 2.75) is 46.0 Å². The van der Waals surface area contributed by atoms with Crippen molar-refractivity contribution in [2.24, 2.45) is 22.7 Å². The van der Waals surface area contributed by atoms with Crippen LogP contribution < -0.4 is 10.6 Å². The van der Waals surface area contributed by atoms with Crippen molar-refractivity contribution in [1.82, 2.24) is 10.6 Å². The van der Waals surface area contributed by atoms with Crippen LogP contribution in [0.1, 0.15) is 46.0 Å². The smallest absolute Gasteiger partial charge is 0.223 e. The molecule has 3 nitrogen and oxygen atoms in total. The number of rotatable bonds is 4. The molecule has 2 saturated carbocycles. The molecular formula is C15H26N2O. The molecule has 18 heavy (non-hydrogen) atoms. The normalized spacial score (nSPS) is 31.4. The minimum Gasteiger partial charge on any atom is -0.355 e. The highest BCUT2D eigenvalue weighted by Crippen LogP contribution is 2.59. The van der Waals surface area contributed by atoms with Gasteiger partial charge in [-0.1, -0.05) is 13.8 Å². The monoisotopic (exact) mass is 250 g/mol. The van der Waals surface area contributed by atoms with E-state index < -0.39 is 0 Å². The van der Waals surface area contributed by atoms with Crippen LogP contribution in [0.4, 0.5) is 0 Å². The van der Waals surface area contributed by atoms with Crippen molar-refractivity contribution in [2.75, 3.05) is 19.6 Å². The molecule has 2 aliphatic carbocycles. The molecular weight excluding hydrogens is 224 g/mol. The van der Waals surface area contributed by atoms with Gasteiger partial charge in [0.2, 0.25) is 5.91 Å². The molecule has 0 aromatic carbocycles.